The summed E-state index contributed by atoms with van der Waals surface area (Å²) < 4.78 is 5.62. The van der Waals surface area contributed by atoms with E-state index in [9.17, 15) is 4.79 Å². The van der Waals surface area contributed by atoms with E-state index in [0.29, 0.717) is 12.1 Å². The molecule has 0 aliphatic carbocycles. The fourth-order valence-corrected chi connectivity index (χ4v) is 1.69. The first-order valence-corrected chi connectivity index (χ1v) is 7.35. The summed E-state index contributed by atoms with van der Waals surface area (Å²) in [5.74, 6) is 0.769. The Hall–Kier alpha value is -1.55. The van der Waals surface area contributed by atoms with E-state index in [2.05, 4.69) is 17.6 Å². The molecule has 0 radical (unpaired) electrons. The second-order valence-corrected chi connectivity index (χ2v) is 4.98. The van der Waals surface area contributed by atoms with E-state index in [1.165, 1.54) is 12.8 Å². The van der Waals surface area contributed by atoms with Gasteiger partial charge in [0.25, 0.3) is 5.91 Å². The van der Waals surface area contributed by atoms with Crippen LogP contribution in [0.4, 0.5) is 0 Å². The predicted molar refractivity (Wildman–Crippen MR) is 82.3 cm³/mol. The molecule has 0 spiro atoms. The van der Waals surface area contributed by atoms with E-state index in [4.69, 9.17) is 4.74 Å². The zero-order chi connectivity index (χ0) is 14.8. The van der Waals surface area contributed by atoms with Gasteiger partial charge < -0.3 is 15.4 Å². The molecule has 1 aromatic rings. The van der Waals surface area contributed by atoms with Gasteiger partial charge in [0.05, 0.1) is 6.61 Å². The Morgan fingerprint density at radius 3 is 2.55 bits per heavy atom. The van der Waals surface area contributed by atoms with Gasteiger partial charge in [-0.15, -0.1) is 0 Å². The molecule has 1 unspecified atom stereocenters. The number of benzene rings is 1. The molecule has 1 rings (SSSR count). The van der Waals surface area contributed by atoms with Crippen LogP contribution in [0, 0.1) is 0 Å². The van der Waals surface area contributed by atoms with Gasteiger partial charge in [-0.25, -0.2) is 0 Å². The number of ether oxygens (including phenoxy) is 1. The van der Waals surface area contributed by atoms with Gasteiger partial charge in [-0.1, -0.05) is 19.8 Å². The molecule has 0 aliphatic heterocycles. The number of amides is 1. The van der Waals surface area contributed by atoms with Crippen LogP contribution in [0.2, 0.25) is 0 Å². The maximum atomic E-state index is 11.9. The molecule has 20 heavy (non-hydrogen) atoms. The van der Waals surface area contributed by atoms with Crippen molar-refractivity contribution in [3.8, 4) is 5.75 Å². The molecule has 0 saturated carbocycles. The van der Waals surface area contributed by atoms with Crippen molar-refractivity contribution in [2.24, 2.45) is 0 Å². The van der Waals surface area contributed by atoms with Crippen molar-refractivity contribution in [3.63, 3.8) is 0 Å². The first-order valence-electron chi connectivity index (χ1n) is 7.35. The highest BCUT2D eigenvalue weighted by molar-refractivity contribution is 5.94. The van der Waals surface area contributed by atoms with Crippen LogP contribution in [0.3, 0.4) is 0 Å². The average Bonchev–Trinajstić information content (AvgIpc) is 2.49. The van der Waals surface area contributed by atoms with Gasteiger partial charge in [0.15, 0.2) is 0 Å². The number of rotatable bonds is 9. The SMILES string of the molecule is CCCCCOc1ccc(C(=O)NCC(C)NC)cc1. The lowest BCUT2D eigenvalue weighted by molar-refractivity contribution is 0.0950. The number of nitrogens with one attached hydrogen (secondary N) is 2. The van der Waals surface area contributed by atoms with Crippen LogP contribution in [0.1, 0.15) is 43.5 Å². The molecule has 1 atom stereocenters. The third-order valence-electron chi connectivity index (χ3n) is 3.19. The average molecular weight is 278 g/mol. The number of unbranched alkanes of at least 4 members (excludes halogenated alkanes) is 2. The van der Waals surface area contributed by atoms with Crippen molar-refractivity contribution in [3.05, 3.63) is 29.8 Å². The van der Waals surface area contributed by atoms with Crippen molar-refractivity contribution >= 4 is 5.91 Å². The number of carbonyl (C=O) groups is 1. The molecular formula is C16H26N2O2. The zero-order valence-electron chi connectivity index (χ0n) is 12.7. The summed E-state index contributed by atoms with van der Waals surface area (Å²) in [5.41, 5.74) is 0.661. The van der Waals surface area contributed by atoms with Crippen LogP contribution in [0.25, 0.3) is 0 Å². The number of likely N-dealkylation sites (N-methyl/N-ethyl adjacent to an activating group) is 1. The molecule has 1 aromatic carbocycles. The van der Waals surface area contributed by atoms with Crippen LogP contribution in [-0.4, -0.2) is 32.1 Å². The quantitative estimate of drug-likeness (QED) is 0.683. The van der Waals surface area contributed by atoms with Crippen LogP contribution in [0.5, 0.6) is 5.75 Å². The van der Waals surface area contributed by atoms with Crippen molar-refractivity contribution in [1.82, 2.24) is 10.6 Å². The van der Waals surface area contributed by atoms with E-state index in [1.807, 2.05) is 26.1 Å². The van der Waals surface area contributed by atoms with Gasteiger partial charge in [-0.2, -0.15) is 0 Å². The molecule has 112 valence electrons. The first kappa shape index (κ1) is 16.5. The Balaban J connectivity index is 2.39. The molecule has 0 aliphatic rings. The molecule has 0 heterocycles. The Labute approximate surface area is 121 Å². The van der Waals surface area contributed by atoms with Gasteiger partial charge >= 0.3 is 0 Å². The lowest BCUT2D eigenvalue weighted by Crippen LogP contribution is -2.37. The normalized spacial score (nSPS) is 11.9. The molecule has 0 aromatic heterocycles. The first-order chi connectivity index (χ1) is 9.67. The maximum Gasteiger partial charge on any atom is 0.251 e. The van der Waals surface area contributed by atoms with Gasteiger partial charge in [0.2, 0.25) is 0 Å². The minimum absolute atomic E-state index is 0.0513. The van der Waals surface area contributed by atoms with E-state index in [1.54, 1.807) is 12.1 Å². The van der Waals surface area contributed by atoms with Gasteiger partial charge in [0, 0.05) is 18.2 Å². The van der Waals surface area contributed by atoms with E-state index < -0.39 is 0 Å². The summed E-state index contributed by atoms with van der Waals surface area (Å²) in [6.07, 6.45) is 3.44. The minimum atomic E-state index is -0.0513. The van der Waals surface area contributed by atoms with Gasteiger partial charge in [-0.3, -0.25) is 4.79 Å². The Kier molecular flexibility index (Phi) is 7.73. The summed E-state index contributed by atoms with van der Waals surface area (Å²) >= 11 is 0. The topological polar surface area (TPSA) is 50.4 Å². The highest BCUT2D eigenvalue weighted by atomic mass is 16.5. The largest absolute Gasteiger partial charge is 0.494 e. The molecule has 4 nitrogen and oxygen atoms in total. The Morgan fingerprint density at radius 1 is 1.25 bits per heavy atom. The zero-order valence-corrected chi connectivity index (χ0v) is 12.7. The second-order valence-electron chi connectivity index (χ2n) is 4.98. The lowest BCUT2D eigenvalue weighted by Gasteiger charge is -2.11. The van der Waals surface area contributed by atoms with E-state index in [0.717, 1.165) is 18.8 Å². The number of carbonyl (C=O) groups excluding carboxylic acids is 1. The molecule has 2 N–H and O–H groups in total. The summed E-state index contributed by atoms with van der Waals surface area (Å²) in [7, 11) is 1.88. The third-order valence-corrected chi connectivity index (χ3v) is 3.19. The van der Waals surface area contributed by atoms with E-state index in [-0.39, 0.29) is 11.9 Å². The molecule has 4 heteroatoms. The van der Waals surface area contributed by atoms with Crippen LogP contribution in [0.15, 0.2) is 24.3 Å². The summed E-state index contributed by atoms with van der Waals surface area (Å²) in [5, 5.41) is 5.97. The monoisotopic (exact) mass is 278 g/mol. The van der Waals surface area contributed by atoms with Crippen molar-refractivity contribution < 1.29 is 9.53 Å². The van der Waals surface area contributed by atoms with Crippen LogP contribution >= 0.6 is 0 Å². The van der Waals surface area contributed by atoms with Crippen molar-refractivity contribution in [2.45, 2.75) is 39.2 Å². The fourth-order valence-electron chi connectivity index (χ4n) is 1.69. The fraction of sp³-hybridized carbons (Fsp3) is 0.562. The second kappa shape index (κ2) is 9.37. The highest BCUT2D eigenvalue weighted by Crippen LogP contribution is 2.12. The molecule has 0 fully saturated rings. The maximum absolute atomic E-state index is 11.9. The number of hydrogen-bond acceptors (Lipinski definition) is 3. The minimum Gasteiger partial charge on any atom is -0.494 e. The highest BCUT2D eigenvalue weighted by Gasteiger charge is 2.06. The molecule has 0 bridgehead atoms. The lowest BCUT2D eigenvalue weighted by atomic mass is 10.2. The standard InChI is InChI=1S/C16H26N2O2/c1-4-5-6-11-20-15-9-7-14(8-10-15)16(19)18-12-13(2)17-3/h7-10,13,17H,4-6,11-12H2,1-3H3,(H,18,19). The predicted octanol–water partition coefficient (Wildman–Crippen LogP) is 2.59. The van der Waals surface area contributed by atoms with Crippen LogP contribution in [-0.2, 0) is 0 Å². The van der Waals surface area contributed by atoms with Gasteiger partial charge in [-0.05, 0) is 44.7 Å². The molecule has 1 amide bonds. The summed E-state index contributed by atoms with van der Waals surface area (Å²) in [6.45, 7) is 5.54. The van der Waals surface area contributed by atoms with E-state index >= 15 is 0 Å². The smallest absolute Gasteiger partial charge is 0.251 e. The van der Waals surface area contributed by atoms with Gasteiger partial charge in [0.1, 0.15) is 5.75 Å². The molecule has 0 saturated heterocycles. The summed E-state index contributed by atoms with van der Waals surface area (Å²) in [6, 6.07) is 7.56. The Bertz CT molecular complexity index is 390. The Morgan fingerprint density at radius 2 is 1.95 bits per heavy atom. The third kappa shape index (κ3) is 6.06. The number of hydrogen-bond donors (Lipinski definition) is 2. The van der Waals surface area contributed by atoms with Crippen molar-refractivity contribution in [1.29, 1.82) is 0 Å². The van der Waals surface area contributed by atoms with Crippen LogP contribution < -0.4 is 15.4 Å². The van der Waals surface area contributed by atoms with Crippen molar-refractivity contribution in [2.75, 3.05) is 20.2 Å². The molecular weight excluding hydrogens is 252 g/mol. The summed E-state index contributed by atoms with van der Waals surface area (Å²) in [4.78, 5) is 11.9.